The van der Waals surface area contributed by atoms with Crippen LogP contribution in [0, 0.1) is 12.8 Å². The molecule has 1 heterocycles. The molecule has 0 bridgehead atoms. The lowest BCUT2D eigenvalue weighted by atomic mass is 9.79. The molecule has 0 aromatic heterocycles. The molecule has 3 rings (SSSR count). The Labute approximate surface area is 104 Å². The summed E-state index contributed by atoms with van der Waals surface area (Å²) in [7, 11) is 0. The van der Waals surface area contributed by atoms with Crippen LogP contribution in [0.15, 0.2) is 23.2 Å². The van der Waals surface area contributed by atoms with E-state index in [-0.39, 0.29) is 0 Å². The first-order valence-electron chi connectivity index (χ1n) is 6.99. The summed E-state index contributed by atoms with van der Waals surface area (Å²) in [6.45, 7) is 3.24. The highest BCUT2D eigenvalue weighted by molar-refractivity contribution is 6.05. The first-order chi connectivity index (χ1) is 8.36. The van der Waals surface area contributed by atoms with Crippen LogP contribution >= 0.6 is 0 Å². The number of rotatable bonds is 1. The van der Waals surface area contributed by atoms with Gasteiger partial charge in [0, 0.05) is 23.7 Å². The molecule has 90 valence electrons. The molecule has 0 radical (unpaired) electrons. The van der Waals surface area contributed by atoms with Crippen molar-refractivity contribution in [2.45, 2.75) is 45.4 Å². The van der Waals surface area contributed by atoms with E-state index in [9.17, 15) is 0 Å². The molecule has 1 aliphatic carbocycles. The zero-order chi connectivity index (χ0) is 11.7. The van der Waals surface area contributed by atoms with Crippen molar-refractivity contribution in [3.05, 3.63) is 34.9 Å². The maximum absolute atomic E-state index is 4.87. The summed E-state index contributed by atoms with van der Waals surface area (Å²) >= 11 is 0. The zero-order valence-corrected chi connectivity index (χ0v) is 10.7. The molecule has 1 aromatic rings. The largest absolute Gasteiger partial charge is 0.288 e. The van der Waals surface area contributed by atoms with Crippen molar-refractivity contribution in [3.63, 3.8) is 0 Å². The van der Waals surface area contributed by atoms with Crippen molar-refractivity contribution in [2.24, 2.45) is 10.9 Å². The number of aryl methyl sites for hydroxylation is 1. The lowest BCUT2D eigenvalue weighted by molar-refractivity contribution is 0.438. The van der Waals surface area contributed by atoms with Gasteiger partial charge in [0.25, 0.3) is 0 Å². The molecule has 1 heteroatoms. The van der Waals surface area contributed by atoms with E-state index in [2.05, 4.69) is 25.1 Å². The summed E-state index contributed by atoms with van der Waals surface area (Å²) in [5.74, 6) is 0.740. The fourth-order valence-corrected chi connectivity index (χ4v) is 3.39. The van der Waals surface area contributed by atoms with Gasteiger partial charge < -0.3 is 0 Å². The number of hydrogen-bond acceptors (Lipinski definition) is 1. The van der Waals surface area contributed by atoms with Gasteiger partial charge in [-0.3, -0.25) is 4.99 Å². The fraction of sp³-hybridized carbons (Fsp3) is 0.562. The molecule has 2 aliphatic rings. The van der Waals surface area contributed by atoms with Crippen molar-refractivity contribution in [2.75, 3.05) is 6.54 Å². The van der Waals surface area contributed by atoms with Gasteiger partial charge in [-0.05, 0) is 37.3 Å². The average Bonchev–Trinajstić information content (AvgIpc) is 2.39. The van der Waals surface area contributed by atoms with Crippen LogP contribution < -0.4 is 0 Å². The second kappa shape index (κ2) is 4.64. The van der Waals surface area contributed by atoms with Crippen molar-refractivity contribution >= 4 is 5.71 Å². The Morgan fingerprint density at radius 1 is 1.12 bits per heavy atom. The zero-order valence-electron chi connectivity index (χ0n) is 10.7. The highest BCUT2D eigenvalue weighted by Crippen LogP contribution is 2.31. The third-order valence-electron chi connectivity index (χ3n) is 4.27. The monoisotopic (exact) mass is 227 g/mol. The number of hydrogen-bond donors (Lipinski definition) is 0. The molecule has 1 saturated carbocycles. The lowest BCUT2D eigenvalue weighted by Gasteiger charge is -2.28. The van der Waals surface area contributed by atoms with Gasteiger partial charge in [-0.15, -0.1) is 0 Å². The van der Waals surface area contributed by atoms with Crippen LogP contribution in [-0.2, 0) is 6.42 Å². The number of benzene rings is 1. The van der Waals surface area contributed by atoms with E-state index in [1.807, 2.05) is 0 Å². The normalized spacial score (nSPS) is 20.9. The Morgan fingerprint density at radius 2 is 1.94 bits per heavy atom. The summed E-state index contributed by atoms with van der Waals surface area (Å²) in [5, 5.41) is 0. The summed E-state index contributed by atoms with van der Waals surface area (Å²) in [6, 6.07) is 6.72. The first-order valence-corrected chi connectivity index (χ1v) is 6.99. The minimum absolute atomic E-state index is 0.740. The van der Waals surface area contributed by atoms with Crippen molar-refractivity contribution < 1.29 is 0 Å². The molecule has 0 amide bonds. The van der Waals surface area contributed by atoms with E-state index in [0.29, 0.717) is 0 Å². The summed E-state index contributed by atoms with van der Waals surface area (Å²) in [4.78, 5) is 4.87. The molecule has 1 aliphatic heterocycles. The minimum atomic E-state index is 0.740. The van der Waals surface area contributed by atoms with Gasteiger partial charge in [-0.2, -0.15) is 0 Å². The van der Waals surface area contributed by atoms with E-state index in [1.165, 1.54) is 54.5 Å². The lowest BCUT2D eigenvalue weighted by Crippen LogP contribution is -2.24. The van der Waals surface area contributed by atoms with E-state index >= 15 is 0 Å². The Bertz CT molecular complexity index is 439. The first kappa shape index (κ1) is 11.0. The Hall–Kier alpha value is -1.11. The standard InChI is InChI=1S/C16H21N/c1-12-6-5-9-13-10-11-17-16(15(12)13)14-7-3-2-4-8-14/h5-6,9,14H,2-4,7-8,10-11H2,1H3. The van der Waals surface area contributed by atoms with Gasteiger partial charge in [-0.1, -0.05) is 37.5 Å². The van der Waals surface area contributed by atoms with Crippen molar-refractivity contribution in [3.8, 4) is 0 Å². The topological polar surface area (TPSA) is 12.4 Å². The van der Waals surface area contributed by atoms with Crippen LogP contribution in [-0.4, -0.2) is 12.3 Å². The maximum Gasteiger partial charge on any atom is 0.0457 e. The highest BCUT2D eigenvalue weighted by Gasteiger charge is 2.25. The molecular formula is C16H21N. The van der Waals surface area contributed by atoms with Crippen molar-refractivity contribution in [1.29, 1.82) is 0 Å². The van der Waals surface area contributed by atoms with Crippen LogP contribution in [0.5, 0.6) is 0 Å². The number of fused-ring (bicyclic) bond motifs is 1. The second-order valence-electron chi connectivity index (χ2n) is 5.46. The van der Waals surface area contributed by atoms with Crippen LogP contribution in [0.4, 0.5) is 0 Å². The van der Waals surface area contributed by atoms with Crippen LogP contribution in [0.3, 0.4) is 0 Å². The van der Waals surface area contributed by atoms with Gasteiger partial charge in [0.15, 0.2) is 0 Å². The summed E-state index contributed by atoms with van der Waals surface area (Å²) in [5.41, 5.74) is 5.88. The Kier molecular flexibility index (Phi) is 3.00. The van der Waals surface area contributed by atoms with E-state index in [4.69, 9.17) is 4.99 Å². The molecule has 0 unspecified atom stereocenters. The minimum Gasteiger partial charge on any atom is -0.288 e. The van der Waals surface area contributed by atoms with Crippen LogP contribution in [0.2, 0.25) is 0 Å². The Morgan fingerprint density at radius 3 is 2.76 bits per heavy atom. The molecule has 0 spiro atoms. The third kappa shape index (κ3) is 2.03. The number of nitrogens with zero attached hydrogens (tertiary/aromatic N) is 1. The molecule has 1 nitrogen and oxygen atoms in total. The predicted octanol–water partition coefficient (Wildman–Crippen LogP) is 3.92. The maximum atomic E-state index is 4.87. The number of aliphatic imine (C=N–C) groups is 1. The smallest absolute Gasteiger partial charge is 0.0457 e. The molecule has 1 fully saturated rings. The molecule has 0 saturated heterocycles. The molecular weight excluding hydrogens is 206 g/mol. The predicted molar refractivity (Wildman–Crippen MR) is 72.9 cm³/mol. The van der Waals surface area contributed by atoms with E-state index < -0.39 is 0 Å². The van der Waals surface area contributed by atoms with Crippen LogP contribution in [0.25, 0.3) is 0 Å². The molecule has 0 N–H and O–H groups in total. The van der Waals surface area contributed by atoms with Gasteiger partial charge >= 0.3 is 0 Å². The van der Waals surface area contributed by atoms with Crippen molar-refractivity contribution in [1.82, 2.24) is 0 Å². The molecule has 1 aromatic carbocycles. The average molecular weight is 227 g/mol. The van der Waals surface area contributed by atoms with Gasteiger partial charge in [0.2, 0.25) is 0 Å². The van der Waals surface area contributed by atoms with Gasteiger partial charge in [0.05, 0.1) is 0 Å². The SMILES string of the molecule is Cc1cccc2c1C(C1CCCCC1)=NCC2. The second-order valence-corrected chi connectivity index (χ2v) is 5.46. The van der Waals surface area contributed by atoms with E-state index in [1.54, 1.807) is 0 Å². The quantitative estimate of drug-likeness (QED) is 0.689. The highest BCUT2D eigenvalue weighted by atomic mass is 14.8. The molecule has 0 atom stereocenters. The molecule has 17 heavy (non-hydrogen) atoms. The van der Waals surface area contributed by atoms with Gasteiger partial charge in [-0.25, -0.2) is 0 Å². The third-order valence-corrected chi connectivity index (χ3v) is 4.27. The summed E-state index contributed by atoms with van der Waals surface area (Å²) < 4.78 is 0. The van der Waals surface area contributed by atoms with E-state index in [0.717, 1.165) is 18.9 Å². The van der Waals surface area contributed by atoms with Gasteiger partial charge in [0.1, 0.15) is 0 Å². The Balaban J connectivity index is 1.98. The van der Waals surface area contributed by atoms with Crippen LogP contribution in [0.1, 0.15) is 48.8 Å². The summed E-state index contributed by atoms with van der Waals surface area (Å²) in [6.07, 6.45) is 8.05. The fourth-order valence-electron chi connectivity index (χ4n) is 3.39.